The lowest BCUT2D eigenvalue weighted by Gasteiger charge is -2.20. The summed E-state index contributed by atoms with van der Waals surface area (Å²) < 4.78 is 5.55. The molecule has 116 valence electrons. The summed E-state index contributed by atoms with van der Waals surface area (Å²) in [5, 5.41) is 10.9. The van der Waals surface area contributed by atoms with E-state index in [1.54, 1.807) is 19.9 Å². The largest absolute Gasteiger partial charge is 0.493 e. The number of primary amides is 1. The zero-order valence-corrected chi connectivity index (χ0v) is 12.5. The predicted octanol–water partition coefficient (Wildman–Crippen LogP) is 1.57. The Hall–Kier alpha value is -2.15. The predicted molar refractivity (Wildman–Crippen MR) is 79.1 cm³/mol. The number of ether oxygens (including phenoxy) is 1. The first-order valence-corrected chi connectivity index (χ1v) is 6.62. The molecule has 0 aliphatic carbocycles. The van der Waals surface area contributed by atoms with Crippen LogP contribution in [0.1, 0.15) is 30.9 Å². The molecule has 0 aromatic heterocycles. The van der Waals surface area contributed by atoms with Crippen LogP contribution in [-0.4, -0.2) is 23.0 Å². The van der Waals surface area contributed by atoms with Gasteiger partial charge in [-0.15, -0.1) is 0 Å². The number of aryl methyl sites for hydroxylation is 2. The number of carbonyl (C=O) groups is 1. The highest BCUT2D eigenvalue weighted by molar-refractivity contribution is 5.83. The Kier molecular flexibility index (Phi) is 5.26. The van der Waals surface area contributed by atoms with Crippen LogP contribution < -0.4 is 16.2 Å². The number of rotatable bonds is 7. The van der Waals surface area contributed by atoms with Gasteiger partial charge < -0.3 is 16.2 Å². The monoisotopic (exact) mass is 295 g/mol. The van der Waals surface area contributed by atoms with Crippen LogP contribution in [0.3, 0.4) is 0 Å². The highest BCUT2D eigenvalue weighted by Crippen LogP contribution is 2.28. The number of amides is 1. The second-order valence-corrected chi connectivity index (χ2v) is 5.40. The van der Waals surface area contributed by atoms with Crippen molar-refractivity contribution >= 4 is 11.6 Å². The molecule has 0 fully saturated rings. The zero-order valence-electron chi connectivity index (χ0n) is 12.5. The molecule has 0 radical (unpaired) electrons. The van der Waals surface area contributed by atoms with Crippen molar-refractivity contribution < 1.29 is 14.5 Å². The first-order valence-electron chi connectivity index (χ1n) is 6.62. The van der Waals surface area contributed by atoms with E-state index < -0.39 is 16.4 Å². The van der Waals surface area contributed by atoms with E-state index in [1.165, 1.54) is 6.07 Å². The van der Waals surface area contributed by atoms with Crippen molar-refractivity contribution in [3.8, 4) is 5.75 Å². The van der Waals surface area contributed by atoms with Gasteiger partial charge in [0.1, 0.15) is 5.75 Å². The van der Waals surface area contributed by atoms with E-state index in [9.17, 15) is 14.9 Å². The molecule has 0 saturated heterocycles. The van der Waals surface area contributed by atoms with Gasteiger partial charge >= 0.3 is 0 Å². The fraction of sp³-hybridized carbons (Fsp3) is 0.500. The number of carbonyl (C=O) groups excluding carboxylic acids is 1. The van der Waals surface area contributed by atoms with Gasteiger partial charge in [-0.2, -0.15) is 0 Å². The van der Waals surface area contributed by atoms with Crippen LogP contribution in [0.5, 0.6) is 5.75 Å². The van der Waals surface area contributed by atoms with Crippen LogP contribution in [0.4, 0.5) is 5.69 Å². The number of hydrogen-bond donors (Lipinski definition) is 2. The summed E-state index contributed by atoms with van der Waals surface area (Å²) in [4.78, 5) is 21.5. The Morgan fingerprint density at radius 2 is 2.00 bits per heavy atom. The summed E-state index contributed by atoms with van der Waals surface area (Å²) in [6, 6.07) is 3.13. The van der Waals surface area contributed by atoms with Gasteiger partial charge in [-0.25, -0.2) is 0 Å². The molecule has 7 nitrogen and oxygen atoms in total. The van der Waals surface area contributed by atoms with Gasteiger partial charge in [0, 0.05) is 5.56 Å². The van der Waals surface area contributed by atoms with Gasteiger partial charge in [0.25, 0.3) is 5.69 Å². The molecule has 0 bridgehead atoms. The number of hydrogen-bond acceptors (Lipinski definition) is 5. The minimum Gasteiger partial charge on any atom is -0.493 e. The molecule has 1 aromatic rings. The Bertz CT molecular complexity index is 555. The fourth-order valence-corrected chi connectivity index (χ4v) is 1.92. The molecular formula is C14H21N3O4. The van der Waals surface area contributed by atoms with Crippen molar-refractivity contribution in [3.05, 3.63) is 33.4 Å². The standard InChI is InChI=1S/C14H21N3O4/c1-9-7-10(2)12(8-11(9)17(19)20)21-6-4-5-14(3,16)13(15)18/h7-8H,4-6,16H2,1-3H3,(H2,15,18). The molecule has 0 heterocycles. The lowest BCUT2D eigenvalue weighted by molar-refractivity contribution is -0.385. The molecular weight excluding hydrogens is 274 g/mol. The quantitative estimate of drug-likeness (QED) is 0.449. The van der Waals surface area contributed by atoms with E-state index in [4.69, 9.17) is 16.2 Å². The van der Waals surface area contributed by atoms with Crippen molar-refractivity contribution in [2.75, 3.05) is 6.61 Å². The van der Waals surface area contributed by atoms with E-state index in [2.05, 4.69) is 0 Å². The van der Waals surface area contributed by atoms with Gasteiger partial charge in [0.05, 0.1) is 23.1 Å². The molecule has 1 unspecified atom stereocenters. The fourth-order valence-electron chi connectivity index (χ4n) is 1.92. The van der Waals surface area contributed by atoms with Gasteiger partial charge in [-0.1, -0.05) is 0 Å². The molecule has 0 spiro atoms. The van der Waals surface area contributed by atoms with Crippen molar-refractivity contribution in [2.45, 2.75) is 39.2 Å². The summed E-state index contributed by atoms with van der Waals surface area (Å²) in [6.45, 7) is 5.38. The molecule has 1 atom stereocenters. The first kappa shape index (κ1) is 16.9. The van der Waals surface area contributed by atoms with Crippen molar-refractivity contribution in [3.63, 3.8) is 0 Å². The molecule has 0 saturated carbocycles. The molecule has 0 aliphatic heterocycles. The second kappa shape index (κ2) is 6.53. The van der Waals surface area contributed by atoms with E-state index in [-0.39, 0.29) is 5.69 Å². The lowest BCUT2D eigenvalue weighted by Crippen LogP contribution is -2.49. The maximum atomic E-state index is 11.1. The van der Waals surface area contributed by atoms with Gasteiger partial charge in [-0.05, 0) is 45.2 Å². The third kappa shape index (κ3) is 4.42. The molecule has 4 N–H and O–H groups in total. The van der Waals surface area contributed by atoms with Crippen molar-refractivity contribution in [1.82, 2.24) is 0 Å². The number of nitro benzene ring substituents is 1. The van der Waals surface area contributed by atoms with Crippen LogP contribution in [0, 0.1) is 24.0 Å². The van der Waals surface area contributed by atoms with Crippen molar-refractivity contribution in [2.24, 2.45) is 11.5 Å². The maximum absolute atomic E-state index is 11.1. The van der Waals surface area contributed by atoms with E-state index in [0.29, 0.717) is 30.8 Å². The Balaban J connectivity index is 2.66. The number of nitro groups is 1. The summed E-state index contributed by atoms with van der Waals surface area (Å²) in [6.07, 6.45) is 0.909. The molecule has 0 aliphatic rings. The van der Waals surface area contributed by atoms with E-state index in [0.717, 1.165) is 5.56 Å². The third-order valence-electron chi connectivity index (χ3n) is 3.35. The normalized spacial score (nSPS) is 13.5. The Morgan fingerprint density at radius 3 is 2.52 bits per heavy atom. The summed E-state index contributed by atoms with van der Waals surface area (Å²) in [5.74, 6) is -0.102. The summed E-state index contributed by atoms with van der Waals surface area (Å²) >= 11 is 0. The smallest absolute Gasteiger partial charge is 0.276 e. The second-order valence-electron chi connectivity index (χ2n) is 5.40. The average Bonchev–Trinajstić information content (AvgIpc) is 2.35. The minimum atomic E-state index is -1.07. The Morgan fingerprint density at radius 1 is 1.38 bits per heavy atom. The van der Waals surface area contributed by atoms with Crippen LogP contribution in [-0.2, 0) is 4.79 Å². The van der Waals surface area contributed by atoms with Crippen LogP contribution >= 0.6 is 0 Å². The van der Waals surface area contributed by atoms with Crippen molar-refractivity contribution in [1.29, 1.82) is 0 Å². The van der Waals surface area contributed by atoms with Gasteiger partial charge in [-0.3, -0.25) is 14.9 Å². The highest BCUT2D eigenvalue weighted by Gasteiger charge is 2.24. The van der Waals surface area contributed by atoms with E-state index >= 15 is 0 Å². The summed E-state index contributed by atoms with van der Waals surface area (Å²) in [7, 11) is 0. The maximum Gasteiger partial charge on any atom is 0.276 e. The number of benzene rings is 1. The molecule has 21 heavy (non-hydrogen) atoms. The van der Waals surface area contributed by atoms with Crippen LogP contribution in [0.15, 0.2) is 12.1 Å². The average molecular weight is 295 g/mol. The first-order chi connectivity index (χ1) is 9.65. The number of nitrogens with two attached hydrogens (primary N) is 2. The highest BCUT2D eigenvalue weighted by atomic mass is 16.6. The van der Waals surface area contributed by atoms with Crippen LogP contribution in [0.25, 0.3) is 0 Å². The molecule has 1 rings (SSSR count). The van der Waals surface area contributed by atoms with Crippen LogP contribution in [0.2, 0.25) is 0 Å². The Labute approximate surface area is 123 Å². The molecule has 7 heteroatoms. The van der Waals surface area contributed by atoms with E-state index in [1.807, 2.05) is 6.92 Å². The van der Waals surface area contributed by atoms with Gasteiger partial charge in [0.15, 0.2) is 0 Å². The zero-order chi connectivity index (χ0) is 16.2. The topological polar surface area (TPSA) is 121 Å². The SMILES string of the molecule is Cc1cc(C)c([N+](=O)[O-])cc1OCCCC(C)(N)C(N)=O. The lowest BCUT2D eigenvalue weighted by atomic mass is 9.97. The summed E-state index contributed by atoms with van der Waals surface area (Å²) in [5.41, 5.74) is 11.3. The van der Waals surface area contributed by atoms with Gasteiger partial charge in [0.2, 0.25) is 5.91 Å². The number of nitrogens with zero attached hydrogens (tertiary/aromatic N) is 1. The minimum absolute atomic E-state index is 0.0244. The molecule has 1 aromatic carbocycles. The molecule has 1 amide bonds. The third-order valence-corrected chi connectivity index (χ3v) is 3.35.